The molecule has 0 aliphatic rings. The van der Waals surface area contributed by atoms with E-state index < -0.39 is 0 Å². The van der Waals surface area contributed by atoms with Gasteiger partial charge in [0, 0.05) is 23.9 Å². The topological polar surface area (TPSA) is 72.2 Å². The number of carbonyl (C=O) groups is 1. The molecular weight excluding hydrogens is 430 g/mol. The summed E-state index contributed by atoms with van der Waals surface area (Å²) < 4.78 is 1.79. The highest BCUT2D eigenvalue weighted by Crippen LogP contribution is 2.20. The van der Waals surface area contributed by atoms with E-state index in [1.807, 2.05) is 57.2 Å². The lowest BCUT2D eigenvalue weighted by Gasteiger charge is -2.13. The van der Waals surface area contributed by atoms with Crippen molar-refractivity contribution in [2.45, 2.75) is 51.2 Å². The molecular formula is C26H29N5OS. The van der Waals surface area contributed by atoms with Gasteiger partial charge in [-0.05, 0) is 50.3 Å². The summed E-state index contributed by atoms with van der Waals surface area (Å²) in [7, 11) is 0. The van der Waals surface area contributed by atoms with Crippen molar-refractivity contribution < 1.29 is 4.79 Å². The monoisotopic (exact) mass is 459 g/mol. The first-order valence-corrected chi connectivity index (χ1v) is 12.2. The second-order valence-corrected chi connectivity index (χ2v) is 9.25. The number of benzene rings is 2. The van der Waals surface area contributed by atoms with Gasteiger partial charge < -0.3 is 5.32 Å². The lowest BCUT2D eigenvalue weighted by atomic mass is 10.0. The molecule has 2 aromatic carbocycles. The first-order chi connectivity index (χ1) is 16.0. The number of aromatic nitrogens is 4. The number of nitrogens with one attached hydrogen (secondary N) is 1. The van der Waals surface area contributed by atoms with Crippen molar-refractivity contribution >= 4 is 23.4 Å². The highest BCUT2D eigenvalue weighted by molar-refractivity contribution is 7.99. The summed E-state index contributed by atoms with van der Waals surface area (Å²) in [5, 5.41) is 8.25. The van der Waals surface area contributed by atoms with Crippen LogP contribution < -0.4 is 5.32 Å². The Morgan fingerprint density at radius 1 is 1.00 bits per heavy atom. The molecule has 0 radical (unpaired) electrons. The summed E-state index contributed by atoms with van der Waals surface area (Å²) >= 11 is 1.34. The summed E-state index contributed by atoms with van der Waals surface area (Å²) in [5.41, 5.74) is 5.65. The van der Waals surface area contributed by atoms with Crippen LogP contribution in [0.25, 0.3) is 5.78 Å². The predicted octanol–water partition coefficient (Wildman–Crippen LogP) is 4.56. The van der Waals surface area contributed by atoms with Crippen molar-refractivity contribution in [2.24, 2.45) is 0 Å². The summed E-state index contributed by atoms with van der Waals surface area (Å²) in [4.78, 5) is 21.6. The Kier molecular flexibility index (Phi) is 7.40. The van der Waals surface area contributed by atoms with Crippen molar-refractivity contribution in [2.75, 3.05) is 5.75 Å². The van der Waals surface area contributed by atoms with Crippen molar-refractivity contribution in [1.29, 1.82) is 0 Å². The number of amides is 1. The SMILES string of the molecule is Cc1nc2nc(SCC(=O)N[C@H](C)CCc3ccccc3)nn2c(C)c1Cc1ccccc1. The fraction of sp³-hybridized carbons (Fsp3) is 0.308. The molecule has 1 amide bonds. The largest absolute Gasteiger partial charge is 0.353 e. The molecule has 1 atom stereocenters. The maximum absolute atomic E-state index is 12.4. The Balaban J connectivity index is 1.35. The predicted molar refractivity (Wildman–Crippen MR) is 133 cm³/mol. The lowest BCUT2D eigenvalue weighted by molar-refractivity contribution is -0.119. The average Bonchev–Trinajstić information content (AvgIpc) is 3.23. The van der Waals surface area contributed by atoms with Gasteiger partial charge in [0.1, 0.15) is 0 Å². The summed E-state index contributed by atoms with van der Waals surface area (Å²) in [6.07, 6.45) is 2.64. The molecule has 0 aliphatic heterocycles. The van der Waals surface area contributed by atoms with Gasteiger partial charge in [-0.15, -0.1) is 5.10 Å². The van der Waals surface area contributed by atoms with Crippen LogP contribution in [0.3, 0.4) is 0 Å². The van der Waals surface area contributed by atoms with E-state index in [9.17, 15) is 4.79 Å². The van der Waals surface area contributed by atoms with Crippen LogP contribution in [-0.2, 0) is 17.6 Å². The number of thioether (sulfide) groups is 1. The fourth-order valence-electron chi connectivity index (χ4n) is 3.85. The molecule has 0 aliphatic carbocycles. The average molecular weight is 460 g/mol. The minimum atomic E-state index is -0.00922. The minimum absolute atomic E-state index is 0.00922. The molecule has 2 aromatic heterocycles. The van der Waals surface area contributed by atoms with Gasteiger partial charge in [0.2, 0.25) is 11.1 Å². The molecule has 4 rings (SSSR count). The molecule has 4 aromatic rings. The van der Waals surface area contributed by atoms with Crippen LogP contribution in [0, 0.1) is 13.8 Å². The van der Waals surface area contributed by atoms with Gasteiger partial charge >= 0.3 is 0 Å². The number of fused-ring (bicyclic) bond motifs is 1. The quantitative estimate of drug-likeness (QED) is 0.372. The van der Waals surface area contributed by atoms with E-state index in [1.54, 1.807) is 4.52 Å². The number of hydrogen-bond donors (Lipinski definition) is 1. The minimum Gasteiger partial charge on any atom is -0.353 e. The fourth-order valence-corrected chi connectivity index (χ4v) is 4.48. The van der Waals surface area contributed by atoms with Crippen LogP contribution in [0.15, 0.2) is 65.8 Å². The van der Waals surface area contributed by atoms with Crippen LogP contribution in [0.2, 0.25) is 0 Å². The Morgan fingerprint density at radius 3 is 2.36 bits per heavy atom. The molecule has 0 saturated carbocycles. The van der Waals surface area contributed by atoms with Crippen LogP contribution in [0.5, 0.6) is 0 Å². The van der Waals surface area contributed by atoms with E-state index in [2.05, 4.69) is 44.6 Å². The normalized spacial score (nSPS) is 12.1. The molecule has 0 saturated heterocycles. The standard InChI is InChI=1S/C26H29N5OS/c1-18(14-15-21-10-6-4-7-11-21)27-24(32)17-33-26-29-25-28-19(2)23(20(3)31(25)30-26)16-22-12-8-5-9-13-22/h4-13,18H,14-17H2,1-3H3,(H,27,32)/t18-/m1/s1. The lowest BCUT2D eigenvalue weighted by Crippen LogP contribution is -2.34. The maximum Gasteiger partial charge on any atom is 0.253 e. The van der Waals surface area contributed by atoms with Gasteiger partial charge in [0.25, 0.3) is 5.78 Å². The van der Waals surface area contributed by atoms with Gasteiger partial charge in [-0.1, -0.05) is 72.4 Å². The zero-order valence-electron chi connectivity index (χ0n) is 19.3. The number of rotatable bonds is 9. The second-order valence-electron chi connectivity index (χ2n) is 8.31. The van der Waals surface area contributed by atoms with Crippen LogP contribution in [-0.4, -0.2) is 37.3 Å². The molecule has 0 unspecified atom stereocenters. The molecule has 170 valence electrons. The molecule has 0 spiro atoms. The molecule has 33 heavy (non-hydrogen) atoms. The van der Waals surface area contributed by atoms with Crippen molar-refractivity contribution in [1.82, 2.24) is 24.9 Å². The van der Waals surface area contributed by atoms with Gasteiger partial charge in [0.05, 0.1) is 5.75 Å². The van der Waals surface area contributed by atoms with Crippen LogP contribution >= 0.6 is 11.8 Å². The Labute approximate surface area is 198 Å². The van der Waals surface area contributed by atoms with E-state index >= 15 is 0 Å². The number of nitrogens with zero attached hydrogens (tertiary/aromatic N) is 4. The third kappa shape index (κ3) is 5.99. The Morgan fingerprint density at radius 2 is 1.67 bits per heavy atom. The highest BCUT2D eigenvalue weighted by Gasteiger charge is 2.15. The van der Waals surface area contributed by atoms with Crippen LogP contribution in [0.1, 0.15) is 41.4 Å². The zero-order valence-corrected chi connectivity index (χ0v) is 20.1. The molecule has 6 nitrogen and oxygen atoms in total. The molecule has 1 N–H and O–H groups in total. The third-order valence-electron chi connectivity index (χ3n) is 5.70. The summed E-state index contributed by atoms with van der Waals surface area (Å²) in [6.45, 7) is 6.10. The molecule has 0 fully saturated rings. The van der Waals surface area contributed by atoms with Crippen LogP contribution in [0.4, 0.5) is 0 Å². The van der Waals surface area contributed by atoms with E-state index in [0.29, 0.717) is 10.9 Å². The van der Waals surface area contributed by atoms with Gasteiger partial charge in [-0.2, -0.15) is 4.98 Å². The Hall–Kier alpha value is -3.19. The van der Waals surface area contributed by atoms with E-state index in [1.165, 1.54) is 22.9 Å². The van der Waals surface area contributed by atoms with E-state index in [4.69, 9.17) is 0 Å². The number of hydrogen-bond acceptors (Lipinski definition) is 5. The third-order valence-corrected chi connectivity index (χ3v) is 6.54. The molecule has 7 heteroatoms. The summed E-state index contributed by atoms with van der Waals surface area (Å²) in [5.74, 6) is 0.840. The van der Waals surface area contributed by atoms with Crippen molar-refractivity contribution in [3.05, 3.63) is 88.7 Å². The van der Waals surface area contributed by atoms with Crippen molar-refractivity contribution in [3.8, 4) is 0 Å². The van der Waals surface area contributed by atoms with E-state index in [-0.39, 0.29) is 17.7 Å². The zero-order chi connectivity index (χ0) is 23.2. The number of aryl methyl sites for hydroxylation is 3. The van der Waals surface area contributed by atoms with Gasteiger partial charge in [0.15, 0.2) is 0 Å². The maximum atomic E-state index is 12.4. The van der Waals surface area contributed by atoms with Gasteiger partial charge in [-0.25, -0.2) is 9.50 Å². The first-order valence-electron chi connectivity index (χ1n) is 11.2. The molecule has 2 heterocycles. The molecule has 0 bridgehead atoms. The highest BCUT2D eigenvalue weighted by atomic mass is 32.2. The van der Waals surface area contributed by atoms with E-state index in [0.717, 1.165) is 36.2 Å². The number of carbonyl (C=O) groups excluding carboxylic acids is 1. The summed E-state index contributed by atoms with van der Waals surface area (Å²) in [6, 6.07) is 20.8. The second kappa shape index (κ2) is 10.6. The first kappa shape index (κ1) is 23.0. The van der Waals surface area contributed by atoms with Gasteiger partial charge in [-0.3, -0.25) is 4.79 Å². The smallest absolute Gasteiger partial charge is 0.253 e. The van der Waals surface area contributed by atoms with Crippen molar-refractivity contribution in [3.63, 3.8) is 0 Å². The Bertz CT molecular complexity index is 1220.